The summed E-state index contributed by atoms with van der Waals surface area (Å²) in [5, 5.41) is 9.24. The highest BCUT2D eigenvalue weighted by atomic mass is 32.2. The third kappa shape index (κ3) is 4.63. The van der Waals surface area contributed by atoms with Gasteiger partial charge in [0.25, 0.3) is 0 Å². The monoisotopic (exact) mass is 476 g/mol. The van der Waals surface area contributed by atoms with E-state index in [9.17, 15) is 0 Å². The summed E-state index contributed by atoms with van der Waals surface area (Å²) in [5.41, 5.74) is 2.48. The minimum absolute atomic E-state index is 0.517. The van der Waals surface area contributed by atoms with Crippen molar-refractivity contribution < 1.29 is 18.7 Å². The van der Waals surface area contributed by atoms with Gasteiger partial charge in [0, 0.05) is 23.9 Å². The maximum absolute atomic E-state index is 5.65. The molecule has 9 heteroatoms. The average Bonchev–Trinajstić information content (AvgIpc) is 3.39. The van der Waals surface area contributed by atoms with Crippen LogP contribution in [0.3, 0.4) is 0 Å². The lowest BCUT2D eigenvalue weighted by atomic mass is 10.1. The maximum atomic E-state index is 5.65. The first kappa shape index (κ1) is 22.0. The number of anilines is 1. The van der Waals surface area contributed by atoms with E-state index in [0.29, 0.717) is 41.1 Å². The smallest absolute Gasteiger partial charge is 0.191 e. The van der Waals surface area contributed by atoms with Crippen LogP contribution in [-0.2, 0) is 6.54 Å². The fourth-order valence-electron chi connectivity index (χ4n) is 3.56. The van der Waals surface area contributed by atoms with Crippen LogP contribution in [0.25, 0.3) is 11.0 Å². The first-order valence-corrected chi connectivity index (χ1v) is 11.6. The van der Waals surface area contributed by atoms with Crippen molar-refractivity contribution in [2.45, 2.75) is 24.3 Å². The molecule has 0 bridgehead atoms. The molecule has 34 heavy (non-hydrogen) atoms. The first-order chi connectivity index (χ1) is 16.7. The number of fused-ring (bicyclic) bond motifs is 1. The molecule has 2 aromatic carbocycles. The Balaban J connectivity index is 1.42. The van der Waals surface area contributed by atoms with Gasteiger partial charge in [-0.05, 0) is 60.7 Å². The van der Waals surface area contributed by atoms with E-state index in [-0.39, 0.29) is 0 Å². The summed E-state index contributed by atoms with van der Waals surface area (Å²) in [7, 11) is 4.89. The standard InChI is InChI=1S/C25H24N4O4S/c1-30-19-13-18(15-29-10-4-9-26-29)14-20-23(19)25(27-33-20)28-34-24-21(31-2)11-17(12-22(24)32-3)8-7-16-5-6-16/h4,9-14,16H,5-6,15H2,1-3H3,(H,27,28). The molecule has 8 nitrogen and oxygen atoms in total. The Morgan fingerprint density at radius 3 is 2.50 bits per heavy atom. The summed E-state index contributed by atoms with van der Waals surface area (Å²) in [6, 6.07) is 9.64. The van der Waals surface area contributed by atoms with E-state index < -0.39 is 0 Å². The number of aromatic nitrogens is 3. The predicted molar refractivity (Wildman–Crippen MR) is 131 cm³/mol. The predicted octanol–water partition coefficient (Wildman–Crippen LogP) is 4.98. The summed E-state index contributed by atoms with van der Waals surface area (Å²) in [4.78, 5) is 0.785. The maximum Gasteiger partial charge on any atom is 0.191 e. The van der Waals surface area contributed by atoms with Crippen molar-refractivity contribution in [2.75, 3.05) is 26.1 Å². The van der Waals surface area contributed by atoms with Crippen molar-refractivity contribution in [2.24, 2.45) is 5.92 Å². The fraction of sp³-hybridized carbons (Fsp3) is 0.280. The topological polar surface area (TPSA) is 83.6 Å². The summed E-state index contributed by atoms with van der Waals surface area (Å²) in [6.45, 7) is 0.599. The number of benzene rings is 2. The summed E-state index contributed by atoms with van der Waals surface area (Å²) < 4.78 is 27.6. The lowest BCUT2D eigenvalue weighted by Gasteiger charge is -2.14. The van der Waals surface area contributed by atoms with Gasteiger partial charge in [-0.3, -0.25) is 4.68 Å². The van der Waals surface area contributed by atoms with E-state index in [1.807, 2.05) is 41.2 Å². The zero-order chi connectivity index (χ0) is 23.5. The van der Waals surface area contributed by atoms with E-state index in [1.54, 1.807) is 27.5 Å². The zero-order valence-electron chi connectivity index (χ0n) is 19.1. The molecule has 2 aromatic heterocycles. The van der Waals surface area contributed by atoms with E-state index in [0.717, 1.165) is 21.4 Å². The van der Waals surface area contributed by atoms with Gasteiger partial charge >= 0.3 is 0 Å². The van der Waals surface area contributed by atoms with Crippen LogP contribution in [-0.4, -0.2) is 36.3 Å². The Bertz CT molecular complexity index is 1340. The van der Waals surface area contributed by atoms with Crippen LogP contribution in [0, 0.1) is 17.8 Å². The normalized spacial score (nSPS) is 12.8. The minimum atomic E-state index is 0.517. The van der Waals surface area contributed by atoms with E-state index >= 15 is 0 Å². The molecule has 1 N–H and O–H groups in total. The second-order valence-corrected chi connectivity index (χ2v) is 8.68. The molecule has 0 atom stereocenters. The van der Waals surface area contributed by atoms with Gasteiger partial charge in [0.05, 0.1) is 27.9 Å². The van der Waals surface area contributed by atoms with Gasteiger partial charge in [-0.25, -0.2) is 0 Å². The molecule has 0 spiro atoms. The minimum Gasteiger partial charge on any atom is -0.496 e. The molecule has 1 aliphatic rings. The zero-order valence-corrected chi connectivity index (χ0v) is 19.9. The fourth-order valence-corrected chi connectivity index (χ4v) is 4.38. The third-order valence-electron chi connectivity index (χ3n) is 5.43. The molecular weight excluding hydrogens is 452 g/mol. The molecule has 174 valence electrons. The Morgan fingerprint density at radius 1 is 1.09 bits per heavy atom. The number of rotatable bonds is 8. The summed E-state index contributed by atoms with van der Waals surface area (Å²) in [6.07, 6.45) is 6.01. The van der Waals surface area contributed by atoms with Crippen molar-refractivity contribution in [3.05, 3.63) is 53.9 Å². The highest BCUT2D eigenvalue weighted by Gasteiger charge is 2.20. The van der Waals surface area contributed by atoms with Crippen molar-refractivity contribution in [3.8, 4) is 29.1 Å². The number of ether oxygens (including phenoxy) is 3. The molecule has 1 aliphatic carbocycles. The quantitative estimate of drug-likeness (QED) is 0.282. The van der Waals surface area contributed by atoms with Gasteiger partial charge in [-0.1, -0.05) is 17.0 Å². The van der Waals surface area contributed by atoms with Crippen LogP contribution in [0.4, 0.5) is 5.82 Å². The van der Waals surface area contributed by atoms with Gasteiger partial charge in [-0.15, -0.1) is 0 Å². The lowest BCUT2D eigenvalue weighted by molar-refractivity contribution is 0.376. The highest BCUT2D eigenvalue weighted by Crippen LogP contribution is 2.41. The Labute approximate surface area is 201 Å². The highest BCUT2D eigenvalue weighted by molar-refractivity contribution is 8.00. The number of nitrogens with one attached hydrogen (secondary N) is 1. The summed E-state index contributed by atoms with van der Waals surface area (Å²) in [5.74, 6) is 9.55. The van der Waals surface area contributed by atoms with Crippen LogP contribution < -0.4 is 18.9 Å². The number of hydrogen-bond acceptors (Lipinski definition) is 8. The van der Waals surface area contributed by atoms with Gasteiger partial charge in [-0.2, -0.15) is 5.10 Å². The molecular formula is C25H24N4O4S. The van der Waals surface area contributed by atoms with Crippen LogP contribution in [0.15, 0.2) is 52.1 Å². The van der Waals surface area contributed by atoms with Gasteiger partial charge < -0.3 is 23.5 Å². The number of nitrogens with zero attached hydrogens (tertiary/aromatic N) is 3. The molecule has 0 radical (unpaired) electrons. The van der Waals surface area contributed by atoms with Crippen LogP contribution >= 0.6 is 11.9 Å². The van der Waals surface area contributed by atoms with Crippen molar-refractivity contribution in [3.63, 3.8) is 0 Å². The molecule has 5 rings (SSSR count). The van der Waals surface area contributed by atoms with Gasteiger partial charge in [0.1, 0.15) is 27.5 Å². The number of hydrogen-bond donors (Lipinski definition) is 1. The van der Waals surface area contributed by atoms with Crippen molar-refractivity contribution in [1.82, 2.24) is 14.9 Å². The van der Waals surface area contributed by atoms with Gasteiger partial charge in [0.15, 0.2) is 11.4 Å². The third-order valence-corrected chi connectivity index (χ3v) is 6.33. The van der Waals surface area contributed by atoms with Crippen LogP contribution in [0.2, 0.25) is 0 Å². The van der Waals surface area contributed by atoms with E-state index in [4.69, 9.17) is 18.7 Å². The number of methoxy groups -OCH3 is 3. The van der Waals surface area contributed by atoms with Crippen molar-refractivity contribution >= 4 is 28.7 Å². The average molecular weight is 477 g/mol. The molecule has 2 heterocycles. The molecule has 1 saturated carbocycles. The Hall–Kier alpha value is -3.77. The molecule has 0 saturated heterocycles. The summed E-state index contributed by atoms with van der Waals surface area (Å²) >= 11 is 1.33. The first-order valence-electron chi connectivity index (χ1n) is 10.8. The molecule has 0 aliphatic heterocycles. The molecule has 0 amide bonds. The Kier molecular flexibility index (Phi) is 6.23. The Morgan fingerprint density at radius 2 is 1.85 bits per heavy atom. The van der Waals surface area contributed by atoms with E-state index in [2.05, 4.69) is 26.8 Å². The SMILES string of the molecule is COc1cc(C#CC2CC2)cc(OC)c1SNc1noc2cc(Cn3cccn3)cc(OC)c12. The molecule has 1 fully saturated rings. The largest absolute Gasteiger partial charge is 0.496 e. The molecule has 4 aromatic rings. The van der Waals surface area contributed by atoms with Gasteiger partial charge in [0.2, 0.25) is 0 Å². The van der Waals surface area contributed by atoms with Crippen LogP contribution in [0.5, 0.6) is 17.2 Å². The lowest BCUT2D eigenvalue weighted by Crippen LogP contribution is -2.00. The van der Waals surface area contributed by atoms with Crippen molar-refractivity contribution in [1.29, 1.82) is 0 Å². The second-order valence-electron chi connectivity index (χ2n) is 7.86. The van der Waals surface area contributed by atoms with E-state index in [1.165, 1.54) is 24.8 Å². The molecule has 0 unspecified atom stereocenters. The second kappa shape index (κ2) is 9.61. The van der Waals surface area contributed by atoms with Crippen LogP contribution in [0.1, 0.15) is 24.0 Å².